The van der Waals surface area contributed by atoms with Gasteiger partial charge in [-0.3, -0.25) is 9.59 Å². The average molecular weight is 297 g/mol. The Balaban J connectivity index is 2.07. The molecule has 2 heterocycles. The second-order valence-corrected chi connectivity index (χ2v) is 5.23. The topological polar surface area (TPSA) is 66.8 Å². The molecule has 0 radical (unpaired) electrons. The number of alkyl halides is 2. The van der Waals surface area contributed by atoms with Gasteiger partial charge >= 0.3 is 11.9 Å². The van der Waals surface area contributed by atoms with Crippen LogP contribution < -0.4 is 0 Å². The van der Waals surface area contributed by atoms with E-state index in [1.165, 1.54) is 18.2 Å². The Labute approximate surface area is 119 Å². The van der Waals surface area contributed by atoms with Gasteiger partial charge in [-0.25, -0.2) is 8.78 Å². The third kappa shape index (κ3) is 1.58. The Morgan fingerprint density at radius 3 is 2.81 bits per heavy atom. The predicted molar refractivity (Wildman–Crippen MR) is 66.4 cm³/mol. The highest BCUT2D eigenvalue weighted by Crippen LogP contribution is 2.56. The highest BCUT2D eigenvalue weighted by Gasteiger charge is 2.72. The number of benzene rings is 1. The molecule has 0 aliphatic carbocycles. The van der Waals surface area contributed by atoms with Crippen LogP contribution in [0.4, 0.5) is 8.78 Å². The van der Waals surface area contributed by atoms with E-state index in [0.717, 1.165) is 12.0 Å². The van der Waals surface area contributed by atoms with E-state index in [-0.39, 0.29) is 11.1 Å². The third-order valence-corrected chi connectivity index (χ3v) is 4.19. The van der Waals surface area contributed by atoms with Crippen LogP contribution in [0.5, 0.6) is 0 Å². The minimum absolute atomic E-state index is 0.0659. The van der Waals surface area contributed by atoms with Gasteiger partial charge in [0.1, 0.15) is 0 Å². The van der Waals surface area contributed by atoms with Crippen LogP contribution in [0.15, 0.2) is 24.3 Å². The molecule has 1 amide bonds. The standard InChI is InChI=1S/C14H13F2NO4/c1-21-11(18)6-8-7-17-12(19)9-4-2-3-5-10(9)14(17,20)13(8,15)16/h2-5,8,20H,6-7H2,1H3/t8-,14+/m1/s1. The molecule has 1 fully saturated rings. The fourth-order valence-electron chi connectivity index (χ4n) is 3.08. The Bertz CT molecular complexity index is 633. The monoisotopic (exact) mass is 297 g/mol. The molecule has 2 aliphatic rings. The molecule has 7 heteroatoms. The molecule has 0 aromatic heterocycles. The van der Waals surface area contributed by atoms with Gasteiger partial charge < -0.3 is 14.7 Å². The minimum atomic E-state index is -3.64. The van der Waals surface area contributed by atoms with Gasteiger partial charge in [0.05, 0.1) is 19.4 Å². The van der Waals surface area contributed by atoms with E-state index in [1.807, 2.05) is 0 Å². The molecule has 5 nitrogen and oxygen atoms in total. The van der Waals surface area contributed by atoms with Crippen molar-refractivity contribution in [1.29, 1.82) is 0 Å². The smallest absolute Gasteiger partial charge is 0.306 e. The first-order valence-electron chi connectivity index (χ1n) is 6.42. The minimum Gasteiger partial charge on any atom is -0.469 e. The summed E-state index contributed by atoms with van der Waals surface area (Å²) in [5, 5.41) is 10.5. The lowest BCUT2D eigenvalue weighted by Crippen LogP contribution is -2.49. The van der Waals surface area contributed by atoms with Crippen LogP contribution in [-0.4, -0.2) is 41.5 Å². The number of halogens is 2. The summed E-state index contributed by atoms with van der Waals surface area (Å²) in [6, 6.07) is 5.74. The maximum Gasteiger partial charge on any atom is 0.306 e. The second kappa shape index (κ2) is 4.24. The Hall–Kier alpha value is -2.02. The first-order valence-corrected chi connectivity index (χ1v) is 6.42. The van der Waals surface area contributed by atoms with Crippen molar-refractivity contribution in [3.05, 3.63) is 35.4 Å². The van der Waals surface area contributed by atoms with Gasteiger partial charge in [-0.2, -0.15) is 0 Å². The van der Waals surface area contributed by atoms with Gasteiger partial charge in [0.2, 0.25) is 5.72 Å². The second-order valence-electron chi connectivity index (χ2n) is 5.23. The van der Waals surface area contributed by atoms with E-state index < -0.39 is 42.4 Å². The first-order chi connectivity index (χ1) is 9.84. The molecule has 0 spiro atoms. The Morgan fingerprint density at radius 2 is 2.14 bits per heavy atom. The highest BCUT2D eigenvalue weighted by atomic mass is 19.3. The van der Waals surface area contributed by atoms with Crippen molar-refractivity contribution in [2.75, 3.05) is 13.7 Å². The van der Waals surface area contributed by atoms with Crippen molar-refractivity contribution < 1.29 is 28.2 Å². The Morgan fingerprint density at radius 1 is 1.48 bits per heavy atom. The number of fused-ring (bicyclic) bond motifs is 3. The molecule has 2 aliphatic heterocycles. The SMILES string of the molecule is COC(=O)C[C@@H]1CN2C(=O)c3ccccc3[C@]2(O)C1(F)F. The van der Waals surface area contributed by atoms with Crippen molar-refractivity contribution in [3.8, 4) is 0 Å². The van der Waals surface area contributed by atoms with E-state index in [0.29, 0.717) is 0 Å². The normalized spacial score (nSPS) is 29.2. The van der Waals surface area contributed by atoms with E-state index >= 15 is 0 Å². The summed E-state index contributed by atoms with van der Waals surface area (Å²) >= 11 is 0. The molecule has 0 unspecified atom stereocenters. The largest absolute Gasteiger partial charge is 0.469 e. The number of ether oxygens (including phenoxy) is 1. The number of methoxy groups -OCH3 is 1. The Kier molecular flexibility index (Phi) is 2.81. The lowest BCUT2D eigenvalue weighted by molar-refractivity contribution is -0.222. The number of hydrogen-bond acceptors (Lipinski definition) is 4. The van der Waals surface area contributed by atoms with Gasteiger partial charge in [0.25, 0.3) is 5.91 Å². The summed E-state index contributed by atoms with van der Waals surface area (Å²) in [5.74, 6) is -6.57. The van der Waals surface area contributed by atoms with Crippen molar-refractivity contribution in [2.45, 2.75) is 18.1 Å². The van der Waals surface area contributed by atoms with Crippen LogP contribution in [0.25, 0.3) is 0 Å². The number of rotatable bonds is 2. The average Bonchev–Trinajstić information content (AvgIpc) is 2.81. The zero-order chi connectivity index (χ0) is 15.4. The summed E-state index contributed by atoms with van der Waals surface area (Å²) in [5.41, 5.74) is -2.75. The van der Waals surface area contributed by atoms with Crippen LogP contribution in [0, 0.1) is 5.92 Å². The van der Waals surface area contributed by atoms with E-state index in [1.54, 1.807) is 6.07 Å². The fraction of sp³-hybridized carbons (Fsp3) is 0.429. The van der Waals surface area contributed by atoms with Crippen LogP contribution in [0.3, 0.4) is 0 Å². The number of carbonyl (C=O) groups excluding carboxylic acids is 2. The van der Waals surface area contributed by atoms with Crippen LogP contribution in [0.1, 0.15) is 22.3 Å². The van der Waals surface area contributed by atoms with Crippen LogP contribution in [-0.2, 0) is 15.3 Å². The molecule has 0 saturated carbocycles. The van der Waals surface area contributed by atoms with Crippen molar-refractivity contribution in [1.82, 2.24) is 4.90 Å². The maximum atomic E-state index is 14.6. The molecule has 3 rings (SSSR count). The van der Waals surface area contributed by atoms with Gasteiger partial charge in [0.15, 0.2) is 0 Å². The van der Waals surface area contributed by atoms with Gasteiger partial charge in [-0.15, -0.1) is 0 Å². The van der Waals surface area contributed by atoms with Crippen LogP contribution >= 0.6 is 0 Å². The van der Waals surface area contributed by atoms with E-state index in [9.17, 15) is 23.5 Å². The fourth-order valence-corrected chi connectivity index (χ4v) is 3.08. The van der Waals surface area contributed by atoms with Gasteiger partial charge in [-0.1, -0.05) is 18.2 Å². The van der Waals surface area contributed by atoms with Gasteiger partial charge in [-0.05, 0) is 6.07 Å². The lowest BCUT2D eigenvalue weighted by atomic mass is 9.89. The lowest BCUT2D eigenvalue weighted by Gasteiger charge is -2.32. The predicted octanol–water partition coefficient (Wildman–Crippen LogP) is 1.12. The number of esters is 1. The molecular weight excluding hydrogens is 284 g/mol. The highest BCUT2D eigenvalue weighted by molar-refractivity contribution is 6.00. The number of carbonyl (C=O) groups is 2. The molecular formula is C14H13F2NO4. The van der Waals surface area contributed by atoms with Crippen molar-refractivity contribution in [2.24, 2.45) is 5.92 Å². The summed E-state index contributed by atoms with van der Waals surface area (Å²) < 4.78 is 33.7. The molecule has 1 aromatic rings. The first kappa shape index (κ1) is 13.9. The number of aliphatic hydroxyl groups is 1. The summed E-state index contributed by atoms with van der Waals surface area (Å²) in [7, 11) is 1.10. The van der Waals surface area contributed by atoms with Crippen molar-refractivity contribution >= 4 is 11.9 Å². The van der Waals surface area contributed by atoms with Crippen LogP contribution in [0.2, 0.25) is 0 Å². The van der Waals surface area contributed by atoms with Gasteiger partial charge in [0, 0.05) is 17.7 Å². The van der Waals surface area contributed by atoms with E-state index in [4.69, 9.17) is 0 Å². The number of hydrogen-bond donors (Lipinski definition) is 1. The third-order valence-electron chi connectivity index (χ3n) is 4.19. The van der Waals surface area contributed by atoms with Crippen molar-refractivity contribution in [3.63, 3.8) is 0 Å². The summed E-state index contributed by atoms with van der Waals surface area (Å²) in [4.78, 5) is 24.2. The number of amides is 1. The summed E-state index contributed by atoms with van der Waals surface area (Å²) in [6.45, 7) is -0.397. The molecule has 0 bridgehead atoms. The molecule has 112 valence electrons. The molecule has 1 aromatic carbocycles. The quantitative estimate of drug-likeness (QED) is 0.831. The molecule has 2 atom stereocenters. The summed E-state index contributed by atoms with van der Waals surface area (Å²) in [6.07, 6.45) is -0.558. The molecule has 1 saturated heterocycles. The maximum absolute atomic E-state index is 14.6. The zero-order valence-electron chi connectivity index (χ0n) is 11.2. The number of nitrogens with zero attached hydrogens (tertiary/aromatic N) is 1. The van der Waals surface area contributed by atoms with E-state index in [2.05, 4.69) is 4.74 Å². The zero-order valence-corrected chi connectivity index (χ0v) is 11.2. The molecule has 1 N–H and O–H groups in total. The molecule has 21 heavy (non-hydrogen) atoms.